The van der Waals surface area contributed by atoms with Crippen LogP contribution in [-0.2, 0) is 4.79 Å². The normalized spacial score (nSPS) is 25.6. The van der Waals surface area contributed by atoms with E-state index in [-0.39, 0.29) is 5.91 Å². The Labute approximate surface area is 146 Å². The predicted octanol–water partition coefficient (Wildman–Crippen LogP) is 1.32. The molecule has 1 amide bonds. The van der Waals surface area contributed by atoms with E-state index in [4.69, 9.17) is 5.10 Å². The molecule has 7 nitrogen and oxygen atoms in total. The van der Waals surface area contributed by atoms with Crippen molar-refractivity contribution >= 4 is 11.6 Å². The number of likely N-dealkylation sites (tertiary alicyclic amines) is 1. The lowest BCUT2D eigenvalue weighted by Gasteiger charge is -2.32. The number of nitrogens with one attached hydrogen (secondary N) is 1. The number of amides is 1. The monoisotopic (exact) mass is 340 g/mol. The summed E-state index contributed by atoms with van der Waals surface area (Å²) in [7, 11) is 0. The fraction of sp³-hybridized carbons (Fsp3) is 0.667. The van der Waals surface area contributed by atoms with Gasteiger partial charge in [-0.25, -0.2) is 0 Å². The molecule has 1 atom stereocenters. The Bertz CT molecular complexity index is 790. The summed E-state index contributed by atoms with van der Waals surface area (Å²) in [6.07, 6.45) is 5.37. The minimum absolute atomic E-state index is 0.201. The summed E-state index contributed by atoms with van der Waals surface area (Å²) >= 11 is 0. The van der Waals surface area contributed by atoms with Crippen LogP contribution in [0.15, 0.2) is 12.1 Å². The molecule has 25 heavy (non-hydrogen) atoms. The van der Waals surface area contributed by atoms with Gasteiger partial charge in [-0.05, 0) is 56.8 Å². The molecule has 0 bridgehead atoms. The Balaban J connectivity index is 1.26. The molecule has 0 aromatic carbocycles. The molecule has 4 heterocycles. The Hall–Kier alpha value is -2.02. The maximum Gasteiger partial charge on any atom is 0.220 e. The van der Waals surface area contributed by atoms with E-state index < -0.39 is 0 Å². The van der Waals surface area contributed by atoms with Crippen molar-refractivity contribution < 1.29 is 4.79 Å². The van der Waals surface area contributed by atoms with Crippen molar-refractivity contribution in [2.24, 2.45) is 5.92 Å². The van der Waals surface area contributed by atoms with E-state index in [2.05, 4.69) is 32.5 Å². The Kier molecular flexibility index (Phi) is 3.69. The average Bonchev–Trinajstić information content (AvgIpc) is 3.28. The number of hydrogen-bond donors (Lipinski definition) is 1. The summed E-state index contributed by atoms with van der Waals surface area (Å²) in [5.41, 5.74) is 2.04. The van der Waals surface area contributed by atoms with Gasteiger partial charge >= 0.3 is 0 Å². The zero-order valence-corrected chi connectivity index (χ0v) is 14.4. The van der Waals surface area contributed by atoms with Gasteiger partial charge in [0.2, 0.25) is 5.91 Å². The summed E-state index contributed by atoms with van der Waals surface area (Å²) in [6.45, 7) is 3.98. The minimum atomic E-state index is 0.201. The first-order chi connectivity index (χ1) is 12.3. The van der Waals surface area contributed by atoms with Crippen molar-refractivity contribution in [2.75, 3.05) is 26.2 Å². The summed E-state index contributed by atoms with van der Waals surface area (Å²) in [5, 5.41) is 16.5. The van der Waals surface area contributed by atoms with Gasteiger partial charge in [-0.3, -0.25) is 4.79 Å². The second-order valence-electron chi connectivity index (χ2n) is 7.81. The predicted molar refractivity (Wildman–Crippen MR) is 92.3 cm³/mol. The van der Waals surface area contributed by atoms with E-state index in [0.29, 0.717) is 24.2 Å². The first-order valence-electron chi connectivity index (χ1n) is 9.47. The van der Waals surface area contributed by atoms with E-state index in [9.17, 15) is 4.79 Å². The summed E-state index contributed by atoms with van der Waals surface area (Å²) in [5.74, 6) is 2.77. The molecule has 7 heteroatoms. The molecule has 0 radical (unpaired) electrons. The molecule has 3 fully saturated rings. The number of aromatic nitrogens is 4. The van der Waals surface area contributed by atoms with E-state index >= 15 is 0 Å². The van der Waals surface area contributed by atoms with Gasteiger partial charge in [0, 0.05) is 31.3 Å². The zero-order valence-electron chi connectivity index (χ0n) is 14.4. The highest BCUT2D eigenvalue weighted by atomic mass is 16.1. The summed E-state index contributed by atoms with van der Waals surface area (Å²) in [4.78, 5) is 13.8. The maximum absolute atomic E-state index is 11.4. The molecule has 2 aromatic rings. The molecule has 1 unspecified atom stereocenters. The van der Waals surface area contributed by atoms with E-state index in [0.717, 1.165) is 50.5 Å². The largest absolute Gasteiger partial charge is 0.356 e. The number of carbonyl (C=O) groups is 1. The second kappa shape index (κ2) is 6.05. The van der Waals surface area contributed by atoms with E-state index in [1.54, 1.807) is 0 Å². The topological polar surface area (TPSA) is 75.4 Å². The Morgan fingerprint density at radius 2 is 1.92 bits per heavy atom. The highest BCUT2D eigenvalue weighted by molar-refractivity contribution is 5.78. The van der Waals surface area contributed by atoms with Crippen molar-refractivity contribution in [1.29, 1.82) is 0 Å². The smallest absolute Gasteiger partial charge is 0.220 e. The van der Waals surface area contributed by atoms with Gasteiger partial charge in [0.05, 0.1) is 5.69 Å². The highest BCUT2D eigenvalue weighted by Crippen LogP contribution is 2.39. The molecule has 132 valence electrons. The van der Waals surface area contributed by atoms with Gasteiger partial charge in [-0.2, -0.15) is 9.61 Å². The fourth-order valence-corrected chi connectivity index (χ4v) is 4.20. The summed E-state index contributed by atoms with van der Waals surface area (Å²) < 4.78 is 1.98. The molecule has 2 aromatic heterocycles. The van der Waals surface area contributed by atoms with Crippen molar-refractivity contribution in [3.05, 3.63) is 23.7 Å². The van der Waals surface area contributed by atoms with Crippen LogP contribution in [0.5, 0.6) is 0 Å². The number of piperidine rings is 1. The number of fused-ring (bicyclic) bond motifs is 1. The van der Waals surface area contributed by atoms with Crippen molar-refractivity contribution in [3.8, 4) is 0 Å². The fourth-order valence-electron chi connectivity index (χ4n) is 4.20. The lowest BCUT2D eigenvalue weighted by atomic mass is 9.95. The Morgan fingerprint density at radius 3 is 2.64 bits per heavy atom. The molecule has 0 spiro atoms. The van der Waals surface area contributed by atoms with Crippen LogP contribution in [0.2, 0.25) is 0 Å². The van der Waals surface area contributed by atoms with Crippen LogP contribution in [0, 0.1) is 5.92 Å². The SMILES string of the molecule is O=C1CC(CN2CCC(c3nnc4ccc(C5CC5)nn34)CC2)CN1. The van der Waals surface area contributed by atoms with Crippen LogP contribution in [-0.4, -0.2) is 56.8 Å². The third-order valence-electron chi connectivity index (χ3n) is 5.83. The van der Waals surface area contributed by atoms with Crippen LogP contribution >= 0.6 is 0 Å². The van der Waals surface area contributed by atoms with E-state index in [1.807, 2.05) is 4.52 Å². The molecule has 1 saturated carbocycles. The lowest BCUT2D eigenvalue weighted by Crippen LogP contribution is -2.37. The van der Waals surface area contributed by atoms with Crippen molar-refractivity contribution in [3.63, 3.8) is 0 Å². The molecule has 5 rings (SSSR count). The number of hydrogen-bond acceptors (Lipinski definition) is 5. The second-order valence-corrected chi connectivity index (χ2v) is 7.81. The quantitative estimate of drug-likeness (QED) is 0.908. The molecule has 1 N–H and O–H groups in total. The first-order valence-corrected chi connectivity index (χ1v) is 9.47. The lowest BCUT2D eigenvalue weighted by molar-refractivity contribution is -0.119. The standard InChI is InChI=1S/C18H24N6O/c25-17-9-12(10-19-17)11-23-7-5-14(6-8-23)18-21-20-16-4-3-15(13-1-2-13)22-24(16)18/h3-4,12-14H,1-2,5-11H2,(H,19,25). The average molecular weight is 340 g/mol. The van der Waals surface area contributed by atoms with Gasteiger partial charge in [-0.1, -0.05) is 0 Å². The first kappa shape index (κ1) is 15.3. The van der Waals surface area contributed by atoms with Gasteiger partial charge in [0.1, 0.15) is 0 Å². The summed E-state index contributed by atoms with van der Waals surface area (Å²) in [6, 6.07) is 4.15. The molecule has 3 aliphatic rings. The van der Waals surface area contributed by atoms with Crippen LogP contribution in [0.4, 0.5) is 0 Å². The van der Waals surface area contributed by atoms with E-state index in [1.165, 1.54) is 18.5 Å². The zero-order chi connectivity index (χ0) is 16.8. The molecular formula is C18H24N6O. The minimum Gasteiger partial charge on any atom is -0.356 e. The molecule has 1 aliphatic carbocycles. The van der Waals surface area contributed by atoms with Crippen LogP contribution in [0.1, 0.15) is 55.5 Å². The highest BCUT2D eigenvalue weighted by Gasteiger charge is 2.30. The van der Waals surface area contributed by atoms with Gasteiger partial charge < -0.3 is 10.2 Å². The van der Waals surface area contributed by atoms with Gasteiger partial charge in [0.25, 0.3) is 0 Å². The maximum atomic E-state index is 11.4. The number of carbonyl (C=O) groups excluding carboxylic acids is 1. The molecular weight excluding hydrogens is 316 g/mol. The Morgan fingerprint density at radius 1 is 1.08 bits per heavy atom. The third kappa shape index (κ3) is 3.01. The van der Waals surface area contributed by atoms with Crippen LogP contribution in [0.3, 0.4) is 0 Å². The molecule has 2 aliphatic heterocycles. The van der Waals surface area contributed by atoms with Crippen molar-refractivity contribution in [1.82, 2.24) is 30.0 Å². The molecule has 2 saturated heterocycles. The van der Waals surface area contributed by atoms with Gasteiger partial charge in [-0.15, -0.1) is 10.2 Å². The third-order valence-corrected chi connectivity index (χ3v) is 5.83. The van der Waals surface area contributed by atoms with Crippen LogP contribution in [0.25, 0.3) is 5.65 Å². The van der Waals surface area contributed by atoms with Gasteiger partial charge in [0.15, 0.2) is 11.5 Å². The van der Waals surface area contributed by atoms with Crippen LogP contribution < -0.4 is 5.32 Å². The van der Waals surface area contributed by atoms with Crippen molar-refractivity contribution in [2.45, 2.75) is 43.9 Å². The number of nitrogens with zero attached hydrogens (tertiary/aromatic N) is 5. The number of rotatable bonds is 4.